The monoisotopic (exact) mass is 644 g/mol. The lowest BCUT2D eigenvalue weighted by Gasteiger charge is -2.45. The van der Waals surface area contributed by atoms with Gasteiger partial charge in [-0.3, -0.25) is 9.11 Å². The van der Waals surface area contributed by atoms with Crippen molar-refractivity contribution in [1.82, 2.24) is 0 Å². The molecule has 0 radical (unpaired) electrons. The third-order valence-electron chi connectivity index (χ3n) is 7.12. The van der Waals surface area contributed by atoms with Crippen molar-refractivity contribution < 1.29 is 88.6 Å². The van der Waals surface area contributed by atoms with E-state index >= 15 is 0 Å². The van der Waals surface area contributed by atoms with Crippen LogP contribution in [0.4, 0.5) is 0 Å². The number of aliphatic hydroxyl groups is 6. The third-order valence-corrected chi connectivity index (χ3v) is 8.05. The summed E-state index contributed by atoms with van der Waals surface area (Å²) in [7, 11) is -10.3. The summed E-state index contributed by atoms with van der Waals surface area (Å²) in [5, 5.41) is 61.2. The van der Waals surface area contributed by atoms with E-state index in [0.717, 1.165) is 0 Å². The molecule has 21 heteroatoms. The van der Waals surface area contributed by atoms with Gasteiger partial charge in [0, 0.05) is 11.8 Å². The van der Waals surface area contributed by atoms with E-state index in [1.54, 1.807) is 0 Å². The first-order valence-electron chi connectivity index (χ1n) is 12.4. The first-order chi connectivity index (χ1) is 18.9. The van der Waals surface area contributed by atoms with Gasteiger partial charge in [0.15, 0.2) is 12.6 Å². The predicted octanol–water partition coefficient (Wildman–Crippen LogP) is -4.69. The van der Waals surface area contributed by atoms with Gasteiger partial charge in [0.2, 0.25) is 0 Å². The van der Waals surface area contributed by atoms with Gasteiger partial charge in [-0.15, -0.1) is 0 Å². The fraction of sp³-hybridized carbons (Fsp3) is 1.00. The molecule has 3 heterocycles. The minimum absolute atomic E-state index is 0.227. The van der Waals surface area contributed by atoms with Crippen LogP contribution in [-0.2, 0) is 52.8 Å². The van der Waals surface area contributed by atoms with Crippen LogP contribution in [0.1, 0.15) is 13.8 Å². The average Bonchev–Trinajstić information content (AvgIpc) is 2.85. The first-order valence-corrected chi connectivity index (χ1v) is 15.1. The topological polar surface area (TPSA) is 295 Å². The van der Waals surface area contributed by atoms with Gasteiger partial charge in [0.1, 0.15) is 36.6 Å². The number of aliphatic hydroxyl groups excluding tert-OH is 6. The lowest BCUT2D eigenvalue weighted by molar-refractivity contribution is -0.314. The molecule has 0 spiro atoms. The van der Waals surface area contributed by atoms with Crippen LogP contribution >= 0.6 is 0 Å². The summed E-state index contributed by atoms with van der Waals surface area (Å²) in [5.41, 5.74) is 0. The van der Waals surface area contributed by atoms with Gasteiger partial charge >= 0.3 is 20.8 Å². The second kappa shape index (κ2) is 13.9. The zero-order valence-corrected chi connectivity index (χ0v) is 23.4. The Morgan fingerprint density at radius 2 is 1.20 bits per heavy atom. The molecule has 3 rings (SSSR count). The molecule has 14 unspecified atom stereocenters. The largest absolute Gasteiger partial charge is 0.397 e. The molecule has 8 N–H and O–H groups in total. The molecule has 3 aliphatic rings. The van der Waals surface area contributed by atoms with E-state index in [1.165, 1.54) is 13.8 Å². The van der Waals surface area contributed by atoms with Crippen molar-refractivity contribution >= 4 is 20.8 Å². The van der Waals surface area contributed by atoms with Crippen LogP contribution < -0.4 is 0 Å². The maximum atomic E-state index is 11.6. The molecule has 242 valence electrons. The van der Waals surface area contributed by atoms with Crippen molar-refractivity contribution in [1.29, 1.82) is 0 Å². The SMILES string of the molecule is CC1OC(OCC2C(C)OC(OCC3C(O)COC(CO)C3O)C(O)C2OS(=O)(=O)O)C(O)C(OS(=O)(=O)O)C1O. The summed E-state index contributed by atoms with van der Waals surface area (Å²) >= 11 is 0. The molecule has 0 amide bonds. The van der Waals surface area contributed by atoms with E-state index < -0.39 is 126 Å². The Morgan fingerprint density at radius 3 is 1.73 bits per heavy atom. The van der Waals surface area contributed by atoms with Crippen molar-refractivity contribution in [3.05, 3.63) is 0 Å². The van der Waals surface area contributed by atoms with Gasteiger partial charge in [-0.05, 0) is 13.8 Å². The summed E-state index contributed by atoms with van der Waals surface area (Å²) in [6.07, 6.45) is -18.4. The fourth-order valence-electron chi connectivity index (χ4n) is 4.82. The highest BCUT2D eigenvalue weighted by atomic mass is 32.3. The molecule has 0 saturated carbocycles. The quantitative estimate of drug-likeness (QED) is 0.0980. The lowest BCUT2D eigenvalue weighted by atomic mass is 9.89. The molecule has 3 fully saturated rings. The lowest BCUT2D eigenvalue weighted by Crippen LogP contribution is -2.61. The zero-order valence-electron chi connectivity index (χ0n) is 21.8. The number of hydrogen-bond donors (Lipinski definition) is 8. The van der Waals surface area contributed by atoms with Gasteiger partial charge in [0.25, 0.3) is 0 Å². The number of rotatable bonds is 11. The fourth-order valence-corrected chi connectivity index (χ4v) is 5.87. The van der Waals surface area contributed by atoms with E-state index in [4.69, 9.17) is 28.2 Å². The molecular formula is C20H36O19S2. The molecule has 3 saturated heterocycles. The van der Waals surface area contributed by atoms with Crippen LogP contribution in [0.25, 0.3) is 0 Å². The second-order valence-corrected chi connectivity index (χ2v) is 12.1. The van der Waals surface area contributed by atoms with Crippen LogP contribution in [0.2, 0.25) is 0 Å². The molecular weight excluding hydrogens is 608 g/mol. The molecule has 0 aromatic rings. The zero-order chi connectivity index (χ0) is 30.9. The minimum Gasteiger partial charge on any atom is -0.394 e. The van der Waals surface area contributed by atoms with Gasteiger partial charge in [-0.2, -0.15) is 16.8 Å². The Bertz CT molecular complexity index is 1060. The standard InChI is InChI=1S/C20H36O19S2/c1-7-9(4-34-20-16(26)18(39-41(30,31)32)13(23)8(2)37-20)17(38-40(27,28)29)15(25)19(36-7)35-5-10-11(22)6-33-12(3-21)14(10)24/h7-26H,3-6H2,1-2H3,(H,27,28,29)(H,30,31,32). The van der Waals surface area contributed by atoms with Crippen molar-refractivity contribution in [2.75, 3.05) is 26.4 Å². The normalized spacial score (nSPS) is 44.5. The highest BCUT2D eigenvalue weighted by Crippen LogP contribution is 2.33. The Labute approximate surface area is 235 Å². The Kier molecular flexibility index (Phi) is 11.8. The Balaban J connectivity index is 1.72. The molecule has 0 aliphatic carbocycles. The van der Waals surface area contributed by atoms with E-state index in [0.29, 0.717) is 0 Å². The molecule has 0 bridgehead atoms. The highest BCUT2D eigenvalue weighted by Gasteiger charge is 2.50. The van der Waals surface area contributed by atoms with E-state index in [9.17, 15) is 52.0 Å². The van der Waals surface area contributed by atoms with E-state index in [1.807, 2.05) is 0 Å². The molecule has 41 heavy (non-hydrogen) atoms. The summed E-state index contributed by atoms with van der Waals surface area (Å²) < 4.78 is 99.8. The first kappa shape index (κ1) is 34.8. The van der Waals surface area contributed by atoms with Crippen molar-refractivity contribution in [3.63, 3.8) is 0 Å². The number of ether oxygens (including phenoxy) is 5. The van der Waals surface area contributed by atoms with Gasteiger partial charge in [-0.25, -0.2) is 8.37 Å². The minimum atomic E-state index is -5.18. The van der Waals surface area contributed by atoms with Gasteiger partial charge in [-0.1, -0.05) is 0 Å². The molecule has 19 nitrogen and oxygen atoms in total. The smallest absolute Gasteiger partial charge is 0.394 e. The average molecular weight is 645 g/mol. The maximum Gasteiger partial charge on any atom is 0.397 e. The summed E-state index contributed by atoms with van der Waals surface area (Å²) in [4.78, 5) is 0. The summed E-state index contributed by atoms with van der Waals surface area (Å²) in [6.45, 7) is 0.860. The molecule has 0 aromatic heterocycles. The maximum absolute atomic E-state index is 11.6. The predicted molar refractivity (Wildman–Crippen MR) is 127 cm³/mol. The van der Waals surface area contributed by atoms with Crippen molar-refractivity contribution in [3.8, 4) is 0 Å². The van der Waals surface area contributed by atoms with E-state index in [2.05, 4.69) is 8.37 Å². The molecule has 3 aliphatic heterocycles. The summed E-state index contributed by atoms with van der Waals surface area (Å²) in [5.74, 6) is -2.21. The Hall–Kier alpha value is -0.700. The van der Waals surface area contributed by atoms with Crippen LogP contribution in [0.5, 0.6) is 0 Å². The van der Waals surface area contributed by atoms with Gasteiger partial charge < -0.3 is 54.3 Å². The second-order valence-electron chi connectivity index (χ2n) is 9.97. The van der Waals surface area contributed by atoms with Crippen LogP contribution in [0.3, 0.4) is 0 Å². The van der Waals surface area contributed by atoms with Crippen LogP contribution in [0, 0.1) is 11.8 Å². The molecule has 14 atom stereocenters. The van der Waals surface area contributed by atoms with Crippen LogP contribution in [0.15, 0.2) is 0 Å². The van der Waals surface area contributed by atoms with Gasteiger partial charge in [0.05, 0.1) is 50.8 Å². The number of hydrogen-bond acceptors (Lipinski definition) is 17. The van der Waals surface area contributed by atoms with Crippen molar-refractivity contribution in [2.24, 2.45) is 11.8 Å². The third kappa shape index (κ3) is 8.92. The van der Waals surface area contributed by atoms with E-state index in [-0.39, 0.29) is 6.61 Å². The highest BCUT2D eigenvalue weighted by molar-refractivity contribution is 7.81. The Morgan fingerprint density at radius 1 is 0.707 bits per heavy atom. The van der Waals surface area contributed by atoms with Crippen molar-refractivity contribution in [2.45, 2.75) is 87.5 Å². The van der Waals surface area contributed by atoms with Crippen LogP contribution in [-0.4, -0.2) is 157 Å². The molecule has 0 aromatic carbocycles. The summed E-state index contributed by atoms with van der Waals surface area (Å²) in [6, 6.07) is 0.